The number of aryl methyl sites for hydroxylation is 3. The summed E-state index contributed by atoms with van der Waals surface area (Å²) in [6.07, 6.45) is 0. The molecule has 2 aromatic rings. The van der Waals surface area contributed by atoms with Crippen LogP contribution in [0.4, 0.5) is 5.95 Å². The van der Waals surface area contributed by atoms with Crippen molar-refractivity contribution in [3.8, 4) is 0 Å². The van der Waals surface area contributed by atoms with Crippen LogP contribution in [0.25, 0.3) is 11.3 Å². The van der Waals surface area contributed by atoms with Gasteiger partial charge in [-0.3, -0.25) is 4.57 Å². The Bertz CT molecular complexity index is 527. The van der Waals surface area contributed by atoms with E-state index >= 15 is 0 Å². The first-order valence-corrected chi connectivity index (χ1v) is 5.43. The summed E-state index contributed by atoms with van der Waals surface area (Å²) in [5, 5.41) is 3.27. The van der Waals surface area contributed by atoms with Gasteiger partial charge in [0.15, 0.2) is 11.3 Å². The number of rotatable bonds is 2. The number of aromatic nitrogens is 4. The van der Waals surface area contributed by atoms with E-state index in [1.165, 1.54) is 0 Å². The largest absolute Gasteiger partial charge is 0.353 e. The van der Waals surface area contributed by atoms with Crippen molar-refractivity contribution >= 4 is 17.2 Å². The number of imidazole rings is 1. The lowest BCUT2D eigenvalue weighted by molar-refractivity contribution is 0.838. The van der Waals surface area contributed by atoms with Gasteiger partial charge in [-0.1, -0.05) is 0 Å². The van der Waals surface area contributed by atoms with Gasteiger partial charge in [0, 0.05) is 13.1 Å². The molecule has 0 aliphatic heterocycles. The van der Waals surface area contributed by atoms with Gasteiger partial charge in [-0.2, -0.15) is 4.98 Å². The van der Waals surface area contributed by atoms with E-state index < -0.39 is 0 Å². The number of anilines is 1. The van der Waals surface area contributed by atoms with E-state index in [0.29, 0.717) is 11.7 Å². The number of hydrogen-bond donors (Lipinski definition) is 1. The summed E-state index contributed by atoms with van der Waals surface area (Å²) in [4.78, 5) is 13.4. The van der Waals surface area contributed by atoms with Crippen LogP contribution in [-0.4, -0.2) is 25.6 Å². The van der Waals surface area contributed by atoms with Crippen molar-refractivity contribution in [2.24, 2.45) is 7.05 Å². The molecule has 0 unspecified atom stereocenters. The minimum absolute atomic E-state index is 0.345. The molecule has 0 aliphatic rings. The van der Waals surface area contributed by atoms with Gasteiger partial charge in [-0.15, -0.1) is 0 Å². The number of nitrogens with one attached hydrogen (secondary N) is 1. The van der Waals surface area contributed by atoms with Crippen molar-refractivity contribution in [2.45, 2.75) is 33.7 Å². The fourth-order valence-electron chi connectivity index (χ4n) is 1.54. The minimum Gasteiger partial charge on any atom is -0.353 e. The third kappa shape index (κ3) is 1.73. The van der Waals surface area contributed by atoms with Crippen LogP contribution in [0.2, 0.25) is 0 Å². The average molecular weight is 219 g/mol. The van der Waals surface area contributed by atoms with Crippen LogP contribution in [0.5, 0.6) is 0 Å². The van der Waals surface area contributed by atoms with Gasteiger partial charge in [0.25, 0.3) is 0 Å². The number of fused-ring (bicyclic) bond motifs is 1. The Balaban J connectivity index is 2.59. The van der Waals surface area contributed by atoms with Crippen molar-refractivity contribution in [3.63, 3.8) is 0 Å². The first-order chi connectivity index (χ1) is 7.49. The molecule has 0 fully saturated rings. The van der Waals surface area contributed by atoms with E-state index in [-0.39, 0.29) is 0 Å². The van der Waals surface area contributed by atoms with E-state index in [0.717, 1.165) is 23.0 Å². The molecule has 0 aromatic carbocycles. The SMILES string of the molecule is Cc1nc2nc(NC(C)C)n(C)c2nc1C. The maximum Gasteiger partial charge on any atom is 0.206 e. The topological polar surface area (TPSA) is 55.6 Å². The molecule has 5 heteroatoms. The van der Waals surface area contributed by atoms with E-state index in [1.54, 1.807) is 0 Å². The first kappa shape index (κ1) is 10.9. The Morgan fingerprint density at radius 3 is 2.31 bits per heavy atom. The highest BCUT2D eigenvalue weighted by Gasteiger charge is 2.12. The van der Waals surface area contributed by atoms with E-state index in [9.17, 15) is 0 Å². The minimum atomic E-state index is 0.345. The monoisotopic (exact) mass is 219 g/mol. The molecule has 86 valence electrons. The number of hydrogen-bond acceptors (Lipinski definition) is 4. The smallest absolute Gasteiger partial charge is 0.206 e. The van der Waals surface area contributed by atoms with Crippen LogP contribution in [-0.2, 0) is 7.05 Å². The Kier molecular flexibility index (Phi) is 2.53. The molecular formula is C11H17N5. The Morgan fingerprint density at radius 1 is 1.06 bits per heavy atom. The molecule has 2 heterocycles. The lowest BCUT2D eigenvalue weighted by Crippen LogP contribution is -2.13. The molecule has 0 amide bonds. The van der Waals surface area contributed by atoms with Gasteiger partial charge in [0.05, 0.1) is 11.4 Å². The average Bonchev–Trinajstić information content (AvgIpc) is 2.45. The van der Waals surface area contributed by atoms with Gasteiger partial charge < -0.3 is 5.32 Å². The van der Waals surface area contributed by atoms with Crippen LogP contribution >= 0.6 is 0 Å². The van der Waals surface area contributed by atoms with Crippen LogP contribution in [0.3, 0.4) is 0 Å². The maximum absolute atomic E-state index is 4.50. The van der Waals surface area contributed by atoms with Crippen molar-refractivity contribution in [3.05, 3.63) is 11.4 Å². The molecule has 0 atom stereocenters. The van der Waals surface area contributed by atoms with Gasteiger partial charge >= 0.3 is 0 Å². The second-order valence-corrected chi connectivity index (χ2v) is 4.34. The van der Waals surface area contributed by atoms with Crippen LogP contribution in [0.1, 0.15) is 25.2 Å². The quantitative estimate of drug-likeness (QED) is 0.836. The van der Waals surface area contributed by atoms with Crippen molar-refractivity contribution in [1.29, 1.82) is 0 Å². The van der Waals surface area contributed by atoms with Crippen molar-refractivity contribution < 1.29 is 0 Å². The van der Waals surface area contributed by atoms with Crippen molar-refractivity contribution in [1.82, 2.24) is 19.5 Å². The lowest BCUT2D eigenvalue weighted by atomic mass is 10.3. The van der Waals surface area contributed by atoms with E-state index in [4.69, 9.17) is 0 Å². The summed E-state index contributed by atoms with van der Waals surface area (Å²) in [7, 11) is 1.95. The molecule has 1 N–H and O–H groups in total. The predicted octanol–water partition coefficient (Wildman–Crippen LogP) is 1.80. The zero-order valence-corrected chi connectivity index (χ0v) is 10.4. The fourth-order valence-corrected chi connectivity index (χ4v) is 1.54. The van der Waals surface area contributed by atoms with Gasteiger partial charge in [0.2, 0.25) is 5.95 Å². The molecule has 0 saturated heterocycles. The highest BCUT2D eigenvalue weighted by atomic mass is 15.2. The Morgan fingerprint density at radius 2 is 1.69 bits per heavy atom. The zero-order chi connectivity index (χ0) is 11.9. The van der Waals surface area contributed by atoms with Gasteiger partial charge in [-0.25, -0.2) is 9.97 Å². The molecule has 2 rings (SSSR count). The normalized spacial score (nSPS) is 11.4. The lowest BCUT2D eigenvalue weighted by Gasteiger charge is -2.08. The predicted molar refractivity (Wildman–Crippen MR) is 64.5 cm³/mol. The molecule has 0 radical (unpaired) electrons. The number of nitrogens with zero attached hydrogens (tertiary/aromatic N) is 4. The molecule has 2 aromatic heterocycles. The fraction of sp³-hybridized carbons (Fsp3) is 0.545. The first-order valence-electron chi connectivity index (χ1n) is 5.43. The summed E-state index contributed by atoms with van der Waals surface area (Å²) in [6.45, 7) is 8.07. The van der Waals surface area contributed by atoms with Gasteiger partial charge in [-0.05, 0) is 27.7 Å². The summed E-state index contributed by atoms with van der Waals surface area (Å²) < 4.78 is 1.94. The van der Waals surface area contributed by atoms with E-state index in [2.05, 4.69) is 34.1 Å². The molecule has 0 spiro atoms. The third-order valence-electron chi connectivity index (χ3n) is 2.54. The maximum atomic E-state index is 4.50. The molecule has 0 aliphatic carbocycles. The molecule has 5 nitrogen and oxygen atoms in total. The molecule has 0 saturated carbocycles. The summed E-state index contributed by atoms with van der Waals surface area (Å²) in [6, 6.07) is 0.345. The van der Waals surface area contributed by atoms with Crippen LogP contribution in [0, 0.1) is 13.8 Å². The second-order valence-electron chi connectivity index (χ2n) is 4.34. The third-order valence-corrected chi connectivity index (χ3v) is 2.54. The molecule has 0 bridgehead atoms. The second kappa shape index (κ2) is 3.73. The Hall–Kier alpha value is -1.65. The highest BCUT2D eigenvalue weighted by Crippen LogP contribution is 2.16. The molecular weight excluding hydrogens is 202 g/mol. The van der Waals surface area contributed by atoms with Crippen LogP contribution in [0.15, 0.2) is 0 Å². The van der Waals surface area contributed by atoms with Gasteiger partial charge in [0.1, 0.15) is 0 Å². The molecule has 16 heavy (non-hydrogen) atoms. The Labute approximate surface area is 94.9 Å². The van der Waals surface area contributed by atoms with Crippen LogP contribution < -0.4 is 5.32 Å². The zero-order valence-electron chi connectivity index (χ0n) is 10.4. The summed E-state index contributed by atoms with van der Waals surface area (Å²) >= 11 is 0. The summed E-state index contributed by atoms with van der Waals surface area (Å²) in [5.74, 6) is 0.815. The summed E-state index contributed by atoms with van der Waals surface area (Å²) in [5.41, 5.74) is 3.41. The van der Waals surface area contributed by atoms with E-state index in [1.807, 2.05) is 25.5 Å². The standard InChI is InChI=1S/C11H17N5/c1-6(2)12-11-15-9-10(16(11)5)14-8(4)7(3)13-9/h6H,1-5H3,(H,12,13,15). The van der Waals surface area contributed by atoms with Crippen molar-refractivity contribution in [2.75, 3.05) is 5.32 Å². The highest BCUT2D eigenvalue weighted by molar-refractivity contribution is 5.70.